The summed E-state index contributed by atoms with van der Waals surface area (Å²) in [6.45, 7) is 5.21. The minimum absolute atomic E-state index is 0.770. The van der Waals surface area contributed by atoms with Gasteiger partial charge in [-0.1, -0.05) is 31.2 Å². The van der Waals surface area contributed by atoms with Gasteiger partial charge < -0.3 is 10.3 Å². The Kier molecular flexibility index (Phi) is 3.65. The SMILES string of the molecule is CCCc1nc2cc(N)ccc2n1Cc1ccccc1C. The highest BCUT2D eigenvalue weighted by Crippen LogP contribution is 2.22. The van der Waals surface area contributed by atoms with Gasteiger partial charge in [0.15, 0.2) is 0 Å². The van der Waals surface area contributed by atoms with E-state index in [1.54, 1.807) is 0 Å². The van der Waals surface area contributed by atoms with Crippen LogP contribution < -0.4 is 5.73 Å². The molecule has 0 bridgehead atoms. The van der Waals surface area contributed by atoms with Gasteiger partial charge in [0.2, 0.25) is 0 Å². The number of imidazole rings is 1. The number of rotatable bonds is 4. The molecule has 0 aliphatic rings. The maximum atomic E-state index is 5.88. The van der Waals surface area contributed by atoms with Crippen LogP contribution in [0.2, 0.25) is 0 Å². The fraction of sp³-hybridized carbons (Fsp3) is 0.278. The normalized spacial score (nSPS) is 11.1. The van der Waals surface area contributed by atoms with Crippen LogP contribution in [-0.2, 0) is 13.0 Å². The van der Waals surface area contributed by atoms with Crippen molar-refractivity contribution < 1.29 is 0 Å². The van der Waals surface area contributed by atoms with Gasteiger partial charge in [0.1, 0.15) is 5.82 Å². The minimum Gasteiger partial charge on any atom is -0.399 e. The number of hydrogen-bond acceptors (Lipinski definition) is 2. The predicted octanol–water partition coefficient (Wildman–Crippen LogP) is 3.93. The Morgan fingerprint density at radius 2 is 1.95 bits per heavy atom. The van der Waals surface area contributed by atoms with E-state index in [1.165, 1.54) is 11.1 Å². The lowest BCUT2D eigenvalue weighted by atomic mass is 10.1. The Balaban J connectivity index is 2.11. The van der Waals surface area contributed by atoms with Crippen LogP contribution in [0, 0.1) is 6.92 Å². The molecule has 0 aliphatic heterocycles. The number of benzene rings is 2. The van der Waals surface area contributed by atoms with E-state index in [9.17, 15) is 0 Å². The molecule has 3 rings (SSSR count). The molecule has 0 aliphatic carbocycles. The van der Waals surface area contributed by atoms with Gasteiger partial charge in [0, 0.05) is 18.7 Å². The molecule has 3 heteroatoms. The fourth-order valence-corrected chi connectivity index (χ4v) is 2.75. The summed E-state index contributed by atoms with van der Waals surface area (Å²) in [4.78, 5) is 4.77. The molecule has 0 unspecified atom stereocenters. The minimum atomic E-state index is 0.770. The first kappa shape index (κ1) is 13.7. The zero-order chi connectivity index (χ0) is 14.8. The molecule has 3 aromatic rings. The van der Waals surface area contributed by atoms with E-state index in [1.807, 2.05) is 12.1 Å². The summed E-state index contributed by atoms with van der Waals surface area (Å²) < 4.78 is 2.32. The third kappa shape index (κ3) is 2.64. The zero-order valence-corrected chi connectivity index (χ0v) is 12.6. The van der Waals surface area contributed by atoms with Crippen LogP contribution in [0.1, 0.15) is 30.3 Å². The van der Waals surface area contributed by atoms with Crippen molar-refractivity contribution in [2.24, 2.45) is 0 Å². The quantitative estimate of drug-likeness (QED) is 0.735. The van der Waals surface area contributed by atoms with E-state index >= 15 is 0 Å². The maximum Gasteiger partial charge on any atom is 0.110 e. The Bertz CT molecular complexity index is 771. The van der Waals surface area contributed by atoms with E-state index in [-0.39, 0.29) is 0 Å². The molecule has 0 fully saturated rings. The number of hydrogen-bond donors (Lipinski definition) is 1. The molecule has 1 aromatic heterocycles. The van der Waals surface area contributed by atoms with Crippen LogP contribution in [0.25, 0.3) is 11.0 Å². The van der Waals surface area contributed by atoms with Crippen LogP contribution in [0.3, 0.4) is 0 Å². The van der Waals surface area contributed by atoms with Gasteiger partial charge in [-0.15, -0.1) is 0 Å². The fourth-order valence-electron chi connectivity index (χ4n) is 2.75. The monoisotopic (exact) mass is 279 g/mol. The lowest BCUT2D eigenvalue weighted by Crippen LogP contribution is -2.06. The van der Waals surface area contributed by atoms with E-state index in [0.29, 0.717) is 0 Å². The second kappa shape index (κ2) is 5.60. The highest BCUT2D eigenvalue weighted by Gasteiger charge is 2.11. The molecule has 0 atom stereocenters. The van der Waals surface area contributed by atoms with Crippen molar-refractivity contribution in [1.29, 1.82) is 0 Å². The molecule has 2 aromatic carbocycles. The lowest BCUT2D eigenvalue weighted by Gasteiger charge is -2.11. The standard InChI is InChI=1S/C18H21N3/c1-3-6-18-20-16-11-15(19)9-10-17(16)21(18)12-14-8-5-4-7-13(14)2/h4-5,7-11H,3,6,12,19H2,1-2H3. The first-order chi connectivity index (χ1) is 10.2. The second-order valence-corrected chi connectivity index (χ2v) is 5.54. The largest absolute Gasteiger partial charge is 0.399 e. The average molecular weight is 279 g/mol. The number of nitrogens with zero attached hydrogens (tertiary/aromatic N) is 2. The summed E-state index contributed by atoms with van der Waals surface area (Å²) in [6, 6.07) is 14.5. The molecule has 1 heterocycles. The van der Waals surface area contributed by atoms with Crippen molar-refractivity contribution >= 4 is 16.7 Å². The molecule has 0 spiro atoms. The van der Waals surface area contributed by atoms with Gasteiger partial charge in [-0.25, -0.2) is 4.98 Å². The highest BCUT2D eigenvalue weighted by atomic mass is 15.1. The highest BCUT2D eigenvalue weighted by molar-refractivity contribution is 5.79. The van der Waals surface area contributed by atoms with Crippen LogP contribution in [0.4, 0.5) is 5.69 Å². The van der Waals surface area contributed by atoms with E-state index in [0.717, 1.165) is 41.9 Å². The average Bonchev–Trinajstić information content (AvgIpc) is 2.79. The van der Waals surface area contributed by atoms with E-state index < -0.39 is 0 Å². The summed E-state index contributed by atoms with van der Waals surface area (Å²) in [5.74, 6) is 1.14. The van der Waals surface area contributed by atoms with Gasteiger partial charge in [-0.3, -0.25) is 0 Å². The molecule has 0 saturated heterocycles. The maximum absolute atomic E-state index is 5.88. The predicted molar refractivity (Wildman–Crippen MR) is 88.4 cm³/mol. The molecule has 108 valence electrons. The van der Waals surface area contributed by atoms with Gasteiger partial charge in [-0.05, 0) is 42.7 Å². The van der Waals surface area contributed by atoms with Crippen molar-refractivity contribution in [3.8, 4) is 0 Å². The third-order valence-corrected chi connectivity index (χ3v) is 3.91. The zero-order valence-electron chi connectivity index (χ0n) is 12.6. The van der Waals surface area contributed by atoms with Gasteiger partial charge in [0.05, 0.1) is 11.0 Å². The van der Waals surface area contributed by atoms with Gasteiger partial charge in [-0.2, -0.15) is 0 Å². The molecule has 0 radical (unpaired) electrons. The van der Waals surface area contributed by atoms with Crippen LogP contribution in [0.15, 0.2) is 42.5 Å². The molecule has 3 nitrogen and oxygen atoms in total. The van der Waals surface area contributed by atoms with Crippen molar-refractivity contribution in [2.75, 3.05) is 5.73 Å². The number of aryl methyl sites for hydroxylation is 2. The summed E-state index contributed by atoms with van der Waals surface area (Å²) in [5.41, 5.74) is 11.5. The Labute approximate surface area is 125 Å². The smallest absolute Gasteiger partial charge is 0.110 e. The van der Waals surface area contributed by atoms with Crippen molar-refractivity contribution in [2.45, 2.75) is 33.2 Å². The van der Waals surface area contributed by atoms with Crippen molar-refractivity contribution in [3.05, 3.63) is 59.4 Å². The molecule has 21 heavy (non-hydrogen) atoms. The lowest BCUT2D eigenvalue weighted by molar-refractivity contribution is 0.719. The third-order valence-electron chi connectivity index (χ3n) is 3.91. The van der Waals surface area contributed by atoms with E-state index in [4.69, 9.17) is 10.7 Å². The van der Waals surface area contributed by atoms with Gasteiger partial charge >= 0.3 is 0 Å². The van der Waals surface area contributed by atoms with E-state index in [2.05, 4.69) is 48.7 Å². The summed E-state index contributed by atoms with van der Waals surface area (Å²) in [6.07, 6.45) is 2.08. The Morgan fingerprint density at radius 3 is 2.71 bits per heavy atom. The van der Waals surface area contributed by atoms with Crippen molar-refractivity contribution in [1.82, 2.24) is 9.55 Å². The number of fused-ring (bicyclic) bond motifs is 1. The number of aromatic nitrogens is 2. The van der Waals surface area contributed by atoms with Gasteiger partial charge in [0.25, 0.3) is 0 Å². The molecular formula is C18H21N3. The second-order valence-electron chi connectivity index (χ2n) is 5.54. The number of anilines is 1. The summed E-state index contributed by atoms with van der Waals surface area (Å²) in [5, 5.41) is 0. The molecule has 0 saturated carbocycles. The first-order valence-electron chi connectivity index (χ1n) is 7.48. The van der Waals surface area contributed by atoms with Crippen LogP contribution in [-0.4, -0.2) is 9.55 Å². The first-order valence-corrected chi connectivity index (χ1v) is 7.48. The molecular weight excluding hydrogens is 258 g/mol. The van der Waals surface area contributed by atoms with Crippen LogP contribution >= 0.6 is 0 Å². The number of nitrogen functional groups attached to an aromatic ring is 1. The molecule has 0 amide bonds. The molecule has 2 N–H and O–H groups in total. The topological polar surface area (TPSA) is 43.8 Å². The number of nitrogens with two attached hydrogens (primary N) is 1. The Hall–Kier alpha value is -2.29. The Morgan fingerprint density at radius 1 is 1.14 bits per heavy atom. The summed E-state index contributed by atoms with van der Waals surface area (Å²) >= 11 is 0. The summed E-state index contributed by atoms with van der Waals surface area (Å²) in [7, 11) is 0. The van der Waals surface area contributed by atoms with Crippen molar-refractivity contribution in [3.63, 3.8) is 0 Å². The van der Waals surface area contributed by atoms with Crippen LogP contribution in [0.5, 0.6) is 0 Å².